The van der Waals surface area contributed by atoms with Crippen LogP contribution in [0.5, 0.6) is 0 Å². The van der Waals surface area contributed by atoms with Crippen molar-refractivity contribution in [3.63, 3.8) is 0 Å². The summed E-state index contributed by atoms with van der Waals surface area (Å²) in [7, 11) is 0. The van der Waals surface area contributed by atoms with E-state index in [1.807, 2.05) is 0 Å². The highest BCUT2D eigenvalue weighted by atomic mass is 15.2. The minimum atomic E-state index is 0.135. The van der Waals surface area contributed by atoms with Crippen molar-refractivity contribution >= 4 is 72.7 Å². The largest absolute Gasteiger partial charge is 0.311 e. The van der Waals surface area contributed by atoms with Gasteiger partial charge in [-0.3, -0.25) is 0 Å². The number of hydrogen-bond acceptors (Lipinski definition) is 1. The second-order valence-electron chi connectivity index (χ2n) is 11.3. The summed E-state index contributed by atoms with van der Waals surface area (Å²) in [5.41, 5.74) is 11.2. The summed E-state index contributed by atoms with van der Waals surface area (Å²) in [6.07, 6.45) is 0. The Morgan fingerprint density at radius 1 is 0.372 bits per heavy atom. The number of anilines is 3. The first kappa shape index (κ1) is 24.1. The molecule has 0 aliphatic carbocycles. The van der Waals surface area contributed by atoms with E-state index < -0.39 is 0 Å². The Morgan fingerprint density at radius 2 is 0.860 bits per heavy atom. The SMILES string of the molecule is c1cc(N2c3ccccc3B(c3cccc4ccccc34)c3ccccc32)cc(-n2c3ccccc3c3ccccc32)c1. The van der Waals surface area contributed by atoms with Gasteiger partial charge in [0, 0.05) is 33.5 Å². The third-order valence-electron chi connectivity index (χ3n) is 9.04. The van der Waals surface area contributed by atoms with Gasteiger partial charge in [-0.25, -0.2) is 0 Å². The van der Waals surface area contributed by atoms with E-state index in [-0.39, 0.29) is 6.71 Å². The van der Waals surface area contributed by atoms with Crippen molar-refractivity contribution in [1.82, 2.24) is 4.57 Å². The minimum absolute atomic E-state index is 0.135. The number of hydrogen-bond donors (Lipinski definition) is 0. The maximum absolute atomic E-state index is 2.45. The summed E-state index contributed by atoms with van der Waals surface area (Å²) in [5, 5.41) is 5.13. The van der Waals surface area contributed by atoms with E-state index in [1.54, 1.807) is 0 Å². The molecule has 0 N–H and O–H groups in total. The number of benzene rings is 7. The second-order valence-corrected chi connectivity index (χ2v) is 11.3. The molecule has 9 rings (SSSR count). The third kappa shape index (κ3) is 3.61. The topological polar surface area (TPSA) is 8.17 Å². The van der Waals surface area contributed by atoms with Gasteiger partial charge in [0.15, 0.2) is 0 Å². The quantitative estimate of drug-likeness (QED) is 0.203. The molecular formula is C40H27BN2. The molecule has 7 aromatic carbocycles. The standard InChI is InChI=1S/C40H27BN2/c1-2-17-31-28(13-1)14-11-22-34(31)41-35-20-5-9-25-39(35)43(40-26-10-6-21-36(40)41)30-16-12-15-29(27-30)42-37-23-7-3-18-32(37)33-19-4-8-24-38(33)42/h1-27H. The van der Waals surface area contributed by atoms with Gasteiger partial charge in [0.05, 0.1) is 11.0 Å². The zero-order valence-electron chi connectivity index (χ0n) is 23.6. The lowest BCUT2D eigenvalue weighted by molar-refractivity contribution is 1.17. The van der Waals surface area contributed by atoms with Gasteiger partial charge in [0.25, 0.3) is 0 Å². The zero-order valence-corrected chi connectivity index (χ0v) is 23.6. The lowest BCUT2D eigenvalue weighted by Crippen LogP contribution is -2.57. The van der Waals surface area contributed by atoms with E-state index in [2.05, 4.69) is 173 Å². The normalized spacial score (nSPS) is 12.6. The predicted molar refractivity (Wildman–Crippen MR) is 184 cm³/mol. The van der Waals surface area contributed by atoms with Crippen molar-refractivity contribution in [3.05, 3.63) is 164 Å². The lowest BCUT2D eigenvalue weighted by atomic mass is 9.34. The highest BCUT2D eigenvalue weighted by Crippen LogP contribution is 2.38. The van der Waals surface area contributed by atoms with Gasteiger partial charge < -0.3 is 9.47 Å². The number of fused-ring (bicyclic) bond motifs is 6. The number of aromatic nitrogens is 1. The first-order valence-electron chi connectivity index (χ1n) is 14.9. The zero-order chi connectivity index (χ0) is 28.3. The molecule has 0 spiro atoms. The Kier molecular flexibility index (Phi) is 5.33. The van der Waals surface area contributed by atoms with Crippen LogP contribution in [0.1, 0.15) is 0 Å². The molecule has 8 aromatic rings. The highest BCUT2D eigenvalue weighted by Gasteiger charge is 2.35. The van der Waals surface area contributed by atoms with Crippen molar-refractivity contribution in [2.75, 3.05) is 4.90 Å². The molecular weight excluding hydrogens is 519 g/mol. The molecule has 0 bridgehead atoms. The van der Waals surface area contributed by atoms with Crippen LogP contribution in [0, 0.1) is 0 Å². The van der Waals surface area contributed by atoms with Crippen LogP contribution in [0.25, 0.3) is 38.3 Å². The van der Waals surface area contributed by atoms with E-state index in [4.69, 9.17) is 0 Å². The smallest absolute Gasteiger partial charge is 0.247 e. The van der Waals surface area contributed by atoms with Gasteiger partial charge in [0.2, 0.25) is 6.71 Å². The highest BCUT2D eigenvalue weighted by molar-refractivity contribution is 6.99. The van der Waals surface area contributed by atoms with E-state index >= 15 is 0 Å². The summed E-state index contributed by atoms with van der Waals surface area (Å²) >= 11 is 0. The summed E-state index contributed by atoms with van der Waals surface area (Å²) in [4.78, 5) is 2.45. The van der Waals surface area contributed by atoms with Crippen molar-refractivity contribution in [3.8, 4) is 5.69 Å². The van der Waals surface area contributed by atoms with Crippen LogP contribution in [0.2, 0.25) is 0 Å². The van der Waals surface area contributed by atoms with Crippen molar-refractivity contribution in [2.24, 2.45) is 0 Å². The molecule has 2 heterocycles. The monoisotopic (exact) mass is 546 g/mol. The molecule has 43 heavy (non-hydrogen) atoms. The number of rotatable bonds is 3. The lowest BCUT2D eigenvalue weighted by Gasteiger charge is -2.37. The molecule has 200 valence electrons. The Labute approximate surface area is 251 Å². The van der Waals surface area contributed by atoms with Gasteiger partial charge in [-0.15, -0.1) is 0 Å². The summed E-state index contributed by atoms with van der Waals surface area (Å²) < 4.78 is 2.40. The van der Waals surface area contributed by atoms with Gasteiger partial charge in [0.1, 0.15) is 0 Å². The average Bonchev–Trinajstić information content (AvgIpc) is 3.41. The number of nitrogens with zero attached hydrogens (tertiary/aromatic N) is 2. The van der Waals surface area contributed by atoms with E-state index in [9.17, 15) is 0 Å². The molecule has 2 nitrogen and oxygen atoms in total. The Bertz CT molecular complexity index is 2230. The first-order chi connectivity index (χ1) is 21.4. The molecule has 0 fully saturated rings. The van der Waals surface area contributed by atoms with Crippen LogP contribution >= 0.6 is 0 Å². The van der Waals surface area contributed by atoms with Crippen LogP contribution in [0.3, 0.4) is 0 Å². The molecule has 0 unspecified atom stereocenters. The van der Waals surface area contributed by atoms with Gasteiger partial charge >= 0.3 is 0 Å². The molecule has 1 aromatic heterocycles. The predicted octanol–water partition coefficient (Wildman–Crippen LogP) is 8.24. The maximum atomic E-state index is 2.45. The fraction of sp³-hybridized carbons (Fsp3) is 0. The number of para-hydroxylation sites is 4. The Morgan fingerprint density at radius 3 is 1.56 bits per heavy atom. The summed E-state index contributed by atoms with van der Waals surface area (Å²) in [5.74, 6) is 0. The van der Waals surface area contributed by atoms with Crippen LogP contribution in [-0.2, 0) is 0 Å². The molecule has 0 atom stereocenters. The van der Waals surface area contributed by atoms with Gasteiger partial charge in [-0.1, -0.05) is 127 Å². The molecule has 0 amide bonds. The minimum Gasteiger partial charge on any atom is -0.311 e. The van der Waals surface area contributed by atoms with Crippen molar-refractivity contribution < 1.29 is 0 Å². The van der Waals surface area contributed by atoms with Crippen LogP contribution in [0.15, 0.2) is 164 Å². The fourth-order valence-corrected chi connectivity index (χ4v) is 7.26. The van der Waals surface area contributed by atoms with Crippen LogP contribution < -0.4 is 21.3 Å². The van der Waals surface area contributed by atoms with Gasteiger partial charge in [-0.2, -0.15) is 0 Å². The van der Waals surface area contributed by atoms with Crippen LogP contribution in [-0.4, -0.2) is 11.3 Å². The van der Waals surface area contributed by atoms with Gasteiger partial charge in [-0.05, 0) is 64.2 Å². The van der Waals surface area contributed by atoms with E-state index in [0.717, 1.165) is 11.4 Å². The average molecular weight is 546 g/mol. The molecule has 1 aliphatic heterocycles. The molecule has 0 saturated heterocycles. The van der Waals surface area contributed by atoms with Crippen LogP contribution in [0.4, 0.5) is 17.1 Å². The Hall–Kier alpha value is -5.54. The van der Waals surface area contributed by atoms with E-state index in [0.29, 0.717) is 0 Å². The summed E-state index contributed by atoms with van der Waals surface area (Å²) in [6.45, 7) is 0.135. The third-order valence-corrected chi connectivity index (χ3v) is 9.04. The maximum Gasteiger partial charge on any atom is 0.247 e. The molecule has 0 radical (unpaired) electrons. The fourth-order valence-electron chi connectivity index (χ4n) is 7.26. The molecule has 1 aliphatic rings. The second kappa shape index (κ2) is 9.50. The summed E-state index contributed by atoms with van der Waals surface area (Å²) in [6, 6.07) is 59.7. The van der Waals surface area contributed by atoms with Crippen molar-refractivity contribution in [1.29, 1.82) is 0 Å². The van der Waals surface area contributed by atoms with E-state index in [1.165, 1.54) is 60.3 Å². The molecule has 3 heteroatoms. The van der Waals surface area contributed by atoms with Crippen molar-refractivity contribution in [2.45, 2.75) is 0 Å². The Balaban J connectivity index is 1.27. The first-order valence-corrected chi connectivity index (χ1v) is 14.9. The molecule has 0 saturated carbocycles.